The van der Waals surface area contributed by atoms with E-state index in [0.717, 1.165) is 57.1 Å². The largest absolute Gasteiger partial charge is 0.451 e. The van der Waals surface area contributed by atoms with Gasteiger partial charge in [0, 0.05) is 30.6 Å². The maximum Gasteiger partial charge on any atom is 0.287 e. The number of carbonyl (C=O) groups excluding carboxylic acids is 2. The van der Waals surface area contributed by atoms with E-state index in [-0.39, 0.29) is 23.1 Å². The topological polar surface area (TPSA) is 79.6 Å². The molecule has 6 nitrogen and oxygen atoms in total. The fourth-order valence-electron chi connectivity index (χ4n) is 7.97. The third-order valence-corrected chi connectivity index (χ3v) is 10.8. The summed E-state index contributed by atoms with van der Waals surface area (Å²) in [5.41, 5.74) is 6.40. The summed E-state index contributed by atoms with van der Waals surface area (Å²) in [5.74, 6) is 0.801. The lowest BCUT2D eigenvalue weighted by Crippen LogP contribution is -2.36. The minimum absolute atomic E-state index is 0.0254. The van der Waals surface area contributed by atoms with Gasteiger partial charge < -0.3 is 14.6 Å². The molecule has 7 rings (SSSR count). The number of rotatable bonds is 9. The highest BCUT2D eigenvalue weighted by atomic mass is 35.5. The van der Waals surface area contributed by atoms with Gasteiger partial charge in [-0.05, 0) is 110 Å². The highest BCUT2D eigenvalue weighted by Gasteiger charge is 2.26. The van der Waals surface area contributed by atoms with E-state index in [2.05, 4.69) is 35.7 Å². The minimum Gasteiger partial charge on any atom is -0.451 e. The number of amides is 2. The number of hydrogen-bond acceptors (Lipinski definition) is 4. The molecule has 0 bridgehead atoms. The summed E-state index contributed by atoms with van der Waals surface area (Å²) in [6.45, 7) is 1.53. The Hall–Kier alpha value is -4.16. The molecule has 0 radical (unpaired) electrons. The summed E-state index contributed by atoms with van der Waals surface area (Å²) in [6.07, 6.45) is 13.0. The lowest BCUT2D eigenvalue weighted by molar-refractivity contribution is -0.128. The smallest absolute Gasteiger partial charge is 0.287 e. The number of nitrogens with zero attached hydrogens (tertiary/aromatic N) is 1. The van der Waals surface area contributed by atoms with Crippen LogP contribution in [0.2, 0.25) is 5.02 Å². The molecule has 3 aliphatic rings. The number of halogens is 1. The molecule has 2 amide bonds. The molecule has 1 saturated heterocycles. The van der Waals surface area contributed by atoms with Gasteiger partial charge in [0.15, 0.2) is 11.2 Å². The third-order valence-electron chi connectivity index (χ3n) is 10.6. The van der Waals surface area contributed by atoms with E-state index >= 15 is 0 Å². The monoisotopic (exact) mass is 662 g/mol. The van der Waals surface area contributed by atoms with Gasteiger partial charge in [0.05, 0.1) is 11.4 Å². The summed E-state index contributed by atoms with van der Waals surface area (Å²) >= 11 is 6.16. The van der Waals surface area contributed by atoms with Crippen molar-refractivity contribution in [3.05, 3.63) is 128 Å². The van der Waals surface area contributed by atoms with Gasteiger partial charge in [-0.3, -0.25) is 14.4 Å². The van der Waals surface area contributed by atoms with Gasteiger partial charge in [-0.1, -0.05) is 78.6 Å². The molecule has 2 aliphatic carbocycles. The molecule has 248 valence electrons. The number of nitrogens with one attached hydrogen (secondary N) is 1. The fraction of sp³-hybridized carbons (Fsp3) is 0.390. The van der Waals surface area contributed by atoms with E-state index in [9.17, 15) is 14.4 Å². The number of carbonyl (C=O) groups is 2. The van der Waals surface area contributed by atoms with E-state index < -0.39 is 5.91 Å². The van der Waals surface area contributed by atoms with Crippen molar-refractivity contribution in [2.75, 3.05) is 6.54 Å². The Morgan fingerprint density at radius 1 is 0.896 bits per heavy atom. The first kappa shape index (κ1) is 32.4. The van der Waals surface area contributed by atoms with Crippen LogP contribution in [0.15, 0.2) is 93.7 Å². The second-order valence-corrected chi connectivity index (χ2v) is 14.3. The Morgan fingerprint density at radius 3 is 2.42 bits per heavy atom. The van der Waals surface area contributed by atoms with Crippen LogP contribution in [0, 0.1) is 0 Å². The predicted molar refractivity (Wildman–Crippen MR) is 190 cm³/mol. The average Bonchev–Trinajstić information content (AvgIpc) is 3.79. The lowest BCUT2D eigenvalue weighted by atomic mass is 9.79. The van der Waals surface area contributed by atoms with Crippen LogP contribution in [0.1, 0.15) is 109 Å². The van der Waals surface area contributed by atoms with Crippen LogP contribution in [0.5, 0.6) is 0 Å². The Bertz CT molecular complexity index is 1880. The minimum atomic E-state index is -0.399. The van der Waals surface area contributed by atoms with Crippen LogP contribution in [-0.2, 0) is 17.8 Å². The molecule has 0 spiro atoms. The van der Waals surface area contributed by atoms with E-state index in [0.29, 0.717) is 47.2 Å². The molecule has 1 atom stereocenters. The normalized spacial score (nSPS) is 19.2. The zero-order chi connectivity index (χ0) is 33.0. The second kappa shape index (κ2) is 14.5. The van der Waals surface area contributed by atoms with E-state index in [4.69, 9.17) is 16.0 Å². The van der Waals surface area contributed by atoms with Crippen molar-refractivity contribution in [2.24, 2.45) is 0 Å². The van der Waals surface area contributed by atoms with Crippen molar-refractivity contribution in [2.45, 2.75) is 95.1 Å². The highest BCUT2D eigenvalue weighted by Crippen LogP contribution is 2.38. The lowest BCUT2D eigenvalue weighted by Gasteiger charge is -2.28. The van der Waals surface area contributed by atoms with Crippen LogP contribution < -0.4 is 10.7 Å². The van der Waals surface area contributed by atoms with Crippen molar-refractivity contribution in [1.82, 2.24) is 10.2 Å². The van der Waals surface area contributed by atoms with Gasteiger partial charge in [-0.25, -0.2) is 0 Å². The summed E-state index contributed by atoms with van der Waals surface area (Å²) < 4.78 is 6.03. The maximum absolute atomic E-state index is 13.6. The molecular weight excluding hydrogens is 620 g/mol. The second-order valence-electron chi connectivity index (χ2n) is 13.8. The zero-order valence-electron chi connectivity index (χ0n) is 27.4. The Balaban J connectivity index is 1.07. The zero-order valence-corrected chi connectivity index (χ0v) is 28.1. The van der Waals surface area contributed by atoms with Gasteiger partial charge in [0.1, 0.15) is 5.58 Å². The molecule has 3 fully saturated rings. The molecule has 1 aromatic heterocycles. The Morgan fingerprint density at radius 2 is 1.67 bits per heavy atom. The first-order valence-corrected chi connectivity index (χ1v) is 18.0. The van der Waals surface area contributed by atoms with Gasteiger partial charge in [0.25, 0.3) is 5.91 Å². The highest BCUT2D eigenvalue weighted by molar-refractivity contribution is 6.30. The third kappa shape index (κ3) is 7.44. The van der Waals surface area contributed by atoms with Crippen molar-refractivity contribution >= 4 is 34.4 Å². The molecule has 0 unspecified atom stereocenters. The van der Waals surface area contributed by atoms with E-state index in [1.807, 2.05) is 47.4 Å². The van der Waals surface area contributed by atoms with Crippen LogP contribution in [-0.4, -0.2) is 29.3 Å². The van der Waals surface area contributed by atoms with Crippen molar-refractivity contribution in [1.29, 1.82) is 0 Å². The number of likely N-dealkylation sites (tertiary alicyclic amines) is 1. The molecule has 3 aromatic carbocycles. The first-order valence-electron chi connectivity index (χ1n) is 17.6. The van der Waals surface area contributed by atoms with Gasteiger partial charge in [-0.2, -0.15) is 0 Å². The average molecular weight is 663 g/mol. The molecule has 1 N–H and O–H groups in total. The number of hydrogen-bond donors (Lipinski definition) is 1. The summed E-state index contributed by atoms with van der Waals surface area (Å²) in [7, 11) is 0. The van der Waals surface area contributed by atoms with Gasteiger partial charge in [-0.15, -0.1) is 0 Å². The summed E-state index contributed by atoms with van der Waals surface area (Å²) in [6, 6.07) is 23.1. The summed E-state index contributed by atoms with van der Waals surface area (Å²) in [4.78, 5) is 41.1. The Labute approximate surface area is 287 Å². The van der Waals surface area contributed by atoms with Crippen LogP contribution in [0.4, 0.5) is 0 Å². The molecule has 1 aliphatic heterocycles. The number of allylic oxidation sites excluding steroid dienone is 1. The van der Waals surface area contributed by atoms with Crippen LogP contribution in [0.3, 0.4) is 0 Å². The molecule has 2 heterocycles. The first-order chi connectivity index (χ1) is 23.4. The van der Waals surface area contributed by atoms with Crippen molar-refractivity contribution in [3.8, 4) is 0 Å². The van der Waals surface area contributed by atoms with Crippen molar-refractivity contribution < 1.29 is 14.0 Å². The van der Waals surface area contributed by atoms with Crippen molar-refractivity contribution in [3.63, 3.8) is 0 Å². The number of fused-ring (bicyclic) bond motifs is 1. The number of benzene rings is 3. The standard InChI is InChI=1S/C41H43ClN2O4/c42-33-18-13-28(14-19-33)23-34(43-41(47)39-25-37(45)36-24-31(17-20-38(36)48-39)29-6-1-2-7-29)22-27-11-15-30(16-12-27)35-9-4-3-8-32(35)26-44-21-5-10-40(44)46/h3-4,8-9,13-14,17-20,22,24-25,29-30,34H,1-2,5-7,10-12,15-16,21,23,26H2,(H,43,47)/t30?,34-/m0/s1. The molecule has 4 aromatic rings. The predicted octanol–water partition coefficient (Wildman–Crippen LogP) is 8.85. The van der Waals surface area contributed by atoms with Crippen LogP contribution in [0.25, 0.3) is 11.0 Å². The quantitative estimate of drug-likeness (QED) is 0.182. The van der Waals surface area contributed by atoms with Gasteiger partial charge in [0.2, 0.25) is 5.91 Å². The summed E-state index contributed by atoms with van der Waals surface area (Å²) in [5, 5.41) is 4.36. The molecule has 48 heavy (non-hydrogen) atoms. The fourth-order valence-corrected chi connectivity index (χ4v) is 8.09. The van der Waals surface area contributed by atoms with E-state index in [1.54, 1.807) is 0 Å². The van der Waals surface area contributed by atoms with E-state index in [1.165, 1.54) is 41.2 Å². The van der Waals surface area contributed by atoms with Gasteiger partial charge >= 0.3 is 0 Å². The Kier molecular flexibility index (Phi) is 9.81. The maximum atomic E-state index is 13.6. The molecule has 7 heteroatoms. The SMILES string of the molecule is O=C(N[C@@H](C=C1CCC(c2ccccc2CN2CCCC2=O)CC1)Cc1ccc(Cl)cc1)c1cc(=O)c2cc(C3CCCC3)ccc2o1. The molecular formula is C41H43ClN2O4. The van der Waals surface area contributed by atoms with Crippen LogP contribution >= 0.6 is 11.6 Å². The molecule has 2 saturated carbocycles.